The lowest BCUT2D eigenvalue weighted by atomic mass is 10.1. The number of sulfonamides is 1. The number of anilines is 2. The molecular weight excluding hydrogens is 276 g/mol. The number of hydrogen-bond acceptors (Lipinski definition) is 5. The van der Waals surface area contributed by atoms with Gasteiger partial charge < -0.3 is 10.6 Å². The molecule has 0 aliphatic carbocycles. The fourth-order valence-corrected chi connectivity index (χ4v) is 3.11. The summed E-state index contributed by atoms with van der Waals surface area (Å²) < 4.78 is 22.9. The minimum Gasteiger partial charge on any atom is -0.397 e. The van der Waals surface area contributed by atoms with Crippen molar-refractivity contribution >= 4 is 21.4 Å². The summed E-state index contributed by atoms with van der Waals surface area (Å²) in [7, 11) is -1.60. The minimum atomic E-state index is -3.70. The van der Waals surface area contributed by atoms with Gasteiger partial charge in [-0.3, -0.25) is 4.90 Å². The van der Waals surface area contributed by atoms with E-state index in [-0.39, 0.29) is 4.90 Å². The topological polar surface area (TPSA) is 92.7 Å². The van der Waals surface area contributed by atoms with E-state index in [0.29, 0.717) is 11.7 Å². The second-order valence-corrected chi connectivity index (χ2v) is 6.82. The molecule has 0 spiro atoms. The Balaban J connectivity index is 2.33. The molecule has 20 heavy (non-hydrogen) atoms. The van der Waals surface area contributed by atoms with E-state index in [1.807, 2.05) is 0 Å². The van der Waals surface area contributed by atoms with E-state index in [2.05, 4.69) is 23.8 Å². The van der Waals surface area contributed by atoms with Gasteiger partial charge in [-0.15, -0.1) is 0 Å². The smallest absolute Gasteiger partial charge is 0.238 e. The van der Waals surface area contributed by atoms with E-state index in [9.17, 15) is 8.42 Å². The van der Waals surface area contributed by atoms with E-state index in [1.165, 1.54) is 6.07 Å². The first-order valence-corrected chi connectivity index (χ1v) is 8.25. The third kappa shape index (κ3) is 3.05. The minimum absolute atomic E-state index is 0.105. The van der Waals surface area contributed by atoms with Crippen molar-refractivity contribution in [2.75, 3.05) is 37.3 Å². The lowest BCUT2D eigenvalue weighted by Crippen LogP contribution is -2.51. The molecule has 1 aromatic carbocycles. The van der Waals surface area contributed by atoms with Gasteiger partial charge in [0.05, 0.1) is 16.3 Å². The molecule has 1 aliphatic heterocycles. The Hall–Kier alpha value is -1.31. The van der Waals surface area contributed by atoms with E-state index in [4.69, 9.17) is 10.9 Å². The molecule has 1 saturated heterocycles. The van der Waals surface area contributed by atoms with Crippen LogP contribution in [0, 0.1) is 0 Å². The summed E-state index contributed by atoms with van der Waals surface area (Å²) in [5.41, 5.74) is 7.33. The molecular formula is C13H22N4O2S. The molecule has 0 bridgehead atoms. The monoisotopic (exact) mass is 298 g/mol. The first kappa shape index (κ1) is 15.1. The number of nitrogens with zero attached hydrogens (tertiary/aromatic N) is 2. The number of benzene rings is 1. The Labute approximate surface area is 120 Å². The van der Waals surface area contributed by atoms with Gasteiger partial charge in [-0.25, -0.2) is 13.6 Å². The number of rotatable bonds is 3. The number of nitrogens with two attached hydrogens (primary N) is 2. The quantitative estimate of drug-likeness (QED) is 0.790. The third-order valence-corrected chi connectivity index (χ3v) is 4.83. The fourth-order valence-electron chi connectivity index (χ4n) is 2.58. The summed E-state index contributed by atoms with van der Waals surface area (Å²) in [6.45, 7) is 4.74. The molecule has 1 unspecified atom stereocenters. The summed E-state index contributed by atoms with van der Waals surface area (Å²) in [6.07, 6.45) is 1.04. The maximum atomic E-state index is 11.5. The van der Waals surface area contributed by atoms with Crippen LogP contribution in [0.1, 0.15) is 13.3 Å². The molecule has 1 heterocycles. The molecule has 1 aliphatic rings. The number of hydrogen-bond donors (Lipinski definition) is 2. The molecule has 6 nitrogen and oxygen atoms in total. The Bertz CT molecular complexity index is 588. The van der Waals surface area contributed by atoms with Gasteiger partial charge in [-0.1, -0.05) is 6.92 Å². The fraction of sp³-hybridized carbons (Fsp3) is 0.538. The molecule has 2 rings (SSSR count). The van der Waals surface area contributed by atoms with E-state index in [0.717, 1.165) is 31.7 Å². The molecule has 1 fully saturated rings. The van der Waals surface area contributed by atoms with Gasteiger partial charge in [-0.05, 0) is 31.7 Å². The average molecular weight is 298 g/mol. The van der Waals surface area contributed by atoms with Crippen molar-refractivity contribution < 1.29 is 8.42 Å². The molecule has 1 atom stereocenters. The highest BCUT2D eigenvalue weighted by molar-refractivity contribution is 7.89. The van der Waals surface area contributed by atoms with E-state index in [1.54, 1.807) is 12.1 Å². The average Bonchev–Trinajstić information content (AvgIpc) is 2.39. The zero-order valence-electron chi connectivity index (χ0n) is 11.9. The summed E-state index contributed by atoms with van der Waals surface area (Å²) in [5, 5.41) is 5.19. The summed E-state index contributed by atoms with van der Waals surface area (Å²) >= 11 is 0. The zero-order chi connectivity index (χ0) is 14.9. The summed E-state index contributed by atoms with van der Waals surface area (Å²) in [6, 6.07) is 5.07. The van der Waals surface area contributed by atoms with Crippen LogP contribution < -0.4 is 15.8 Å². The highest BCUT2D eigenvalue weighted by atomic mass is 32.2. The molecule has 4 N–H and O–H groups in total. The number of piperazine rings is 1. The van der Waals surface area contributed by atoms with Crippen LogP contribution in [0.3, 0.4) is 0 Å². The Morgan fingerprint density at radius 3 is 2.65 bits per heavy atom. The molecule has 0 amide bonds. The van der Waals surface area contributed by atoms with Gasteiger partial charge >= 0.3 is 0 Å². The van der Waals surface area contributed by atoms with Crippen molar-refractivity contribution in [1.29, 1.82) is 0 Å². The summed E-state index contributed by atoms with van der Waals surface area (Å²) in [5.74, 6) is 0. The van der Waals surface area contributed by atoms with Gasteiger partial charge in [-0.2, -0.15) is 0 Å². The highest BCUT2D eigenvalue weighted by Crippen LogP contribution is 2.28. The van der Waals surface area contributed by atoms with Crippen molar-refractivity contribution in [3.63, 3.8) is 0 Å². The van der Waals surface area contributed by atoms with Gasteiger partial charge in [0.15, 0.2) is 0 Å². The SMILES string of the molecule is CCC1CN(c2cc(S(N)(=O)=O)ccc2N)CCN1C. The number of nitrogen functional groups attached to an aromatic ring is 1. The van der Waals surface area contributed by atoms with Gasteiger partial charge in [0, 0.05) is 25.7 Å². The predicted molar refractivity (Wildman–Crippen MR) is 81.1 cm³/mol. The third-order valence-electron chi connectivity index (χ3n) is 3.92. The van der Waals surface area contributed by atoms with Crippen LogP contribution >= 0.6 is 0 Å². The van der Waals surface area contributed by atoms with Crippen LogP contribution in [0.15, 0.2) is 23.1 Å². The molecule has 0 saturated carbocycles. The van der Waals surface area contributed by atoms with Crippen LogP contribution in [-0.4, -0.2) is 46.0 Å². The number of primary sulfonamides is 1. The number of likely N-dealkylation sites (N-methyl/N-ethyl adjacent to an activating group) is 1. The zero-order valence-corrected chi connectivity index (χ0v) is 12.7. The van der Waals surface area contributed by atoms with Gasteiger partial charge in [0.25, 0.3) is 0 Å². The first-order valence-electron chi connectivity index (χ1n) is 6.70. The molecule has 7 heteroatoms. The van der Waals surface area contributed by atoms with E-state index >= 15 is 0 Å². The van der Waals surface area contributed by atoms with Gasteiger partial charge in [0.1, 0.15) is 0 Å². The van der Waals surface area contributed by atoms with Crippen molar-refractivity contribution in [2.45, 2.75) is 24.3 Å². The largest absolute Gasteiger partial charge is 0.397 e. The van der Waals surface area contributed by atoms with Crippen LogP contribution in [0.5, 0.6) is 0 Å². The predicted octanol–water partition coefficient (Wildman–Crippen LogP) is 0.447. The van der Waals surface area contributed by atoms with Crippen molar-refractivity contribution in [3.8, 4) is 0 Å². The van der Waals surface area contributed by atoms with Crippen molar-refractivity contribution in [3.05, 3.63) is 18.2 Å². The second kappa shape index (κ2) is 5.59. The van der Waals surface area contributed by atoms with Crippen molar-refractivity contribution in [1.82, 2.24) is 4.90 Å². The molecule has 0 aromatic heterocycles. The van der Waals surface area contributed by atoms with E-state index < -0.39 is 10.0 Å². The highest BCUT2D eigenvalue weighted by Gasteiger charge is 2.24. The Kier molecular flexibility index (Phi) is 4.22. The lowest BCUT2D eigenvalue weighted by Gasteiger charge is -2.40. The van der Waals surface area contributed by atoms with Gasteiger partial charge in [0.2, 0.25) is 10.0 Å². The molecule has 1 aromatic rings. The summed E-state index contributed by atoms with van der Waals surface area (Å²) in [4.78, 5) is 4.56. The molecule has 0 radical (unpaired) electrons. The maximum Gasteiger partial charge on any atom is 0.238 e. The van der Waals surface area contributed by atoms with Crippen LogP contribution in [0.2, 0.25) is 0 Å². The normalized spacial score (nSPS) is 21.1. The lowest BCUT2D eigenvalue weighted by molar-refractivity contribution is 0.213. The second-order valence-electron chi connectivity index (χ2n) is 5.25. The van der Waals surface area contributed by atoms with Crippen molar-refractivity contribution in [2.24, 2.45) is 5.14 Å². The van der Waals surface area contributed by atoms with Crippen LogP contribution in [-0.2, 0) is 10.0 Å². The Morgan fingerprint density at radius 2 is 2.05 bits per heavy atom. The first-order chi connectivity index (χ1) is 9.32. The Morgan fingerprint density at radius 1 is 1.35 bits per heavy atom. The molecule has 112 valence electrons. The van der Waals surface area contributed by atoms with Crippen LogP contribution in [0.4, 0.5) is 11.4 Å². The standard InChI is InChI=1S/C13H22N4O2S/c1-3-10-9-17(7-6-16(10)2)13-8-11(20(15,18)19)4-5-12(13)14/h4-5,8,10H,3,6-7,9,14H2,1-2H3,(H2,15,18,19). The maximum absolute atomic E-state index is 11.5. The van der Waals surface area contributed by atoms with Crippen LogP contribution in [0.25, 0.3) is 0 Å².